The van der Waals surface area contributed by atoms with Crippen LogP contribution in [0.4, 0.5) is 0 Å². The summed E-state index contributed by atoms with van der Waals surface area (Å²) >= 11 is 0. The molecule has 7 heteroatoms. The van der Waals surface area contributed by atoms with Gasteiger partial charge in [-0.05, 0) is 31.9 Å². The van der Waals surface area contributed by atoms with Gasteiger partial charge in [0, 0.05) is 12.6 Å². The zero-order chi connectivity index (χ0) is 15.7. The fourth-order valence-corrected chi connectivity index (χ4v) is 2.89. The molecular weight excluding hydrogens is 284 g/mol. The molecule has 22 heavy (non-hydrogen) atoms. The number of aliphatic carboxylic acids is 1. The highest BCUT2D eigenvalue weighted by atomic mass is 16.4. The maximum atomic E-state index is 12.2. The second kappa shape index (κ2) is 5.40. The molecule has 1 atom stereocenters. The summed E-state index contributed by atoms with van der Waals surface area (Å²) in [6.07, 6.45) is 3.85. The third-order valence-corrected chi connectivity index (χ3v) is 4.37. The monoisotopic (exact) mass is 302 g/mol. The van der Waals surface area contributed by atoms with Crippen LogP contribution in [-0.2, 0) is 9.59 Å². The molecule has 0 spiro atoms. The molecule has 1 unspecified atom stereocenters. The van der Waals surface area contributed by atoms with Gasteiger partial charge in [-0.1, -0.05) is 12.5 Å². The number of nitrogens with zero attached hydrogens (tertiary/aromatic N) is 3. The third-order valence-electron chi connectivity index (χ3n) is 4.37. The van der Waals surface area contributed by atoms with Gasteiger partial charge in [0.25, 0.3) is 0 Å². The molecule has 0 aliphatic heterocycles. The summed E-state index contributed by atoms with van der Waals surface area (Å²) in [7, 11) is 0. The Labute approximate surface area is 127 Å². The van der Waals surface area contributed by atoms with Crippen LogP contribution in [0, 0.1) is 5.41 Å². The van der Waals surface area contributed by atoms with E-state index >= 15 is 0 Å². The summed E-state index contributed by atoms with van der Waals surface area (Å²) < 4.78 is 1.81. The van der Waals surface area contributed by atoms with E-state index in [0.29, 0.717) is 24.3 Å². The van der Waals surface area contributed by atoms with Crippen molar-refractivity contribution in [1.29, 1.82) is 0 Å². The first-order chi connectivity index (χ1) is 10.5. The van der Waals surface area contributed by atoms with Gasteiger partial charge in [0.15, 0.2) is 11.5 Å². The smallest absolute Gasteiger partial charge is 0.310 e. The molecule has 1 aliphatic carbocycles. The molecule has 0 aromatic carbocycles. The molecule has 3 rings (SSSR count). The lowest BCUT2D eigenvalue weighted by molar-refractivity contribution is -0.157. The number of rotatable bonds is 5. The van der Waals surface area contributed by atoms with Gasteiger partial charge in [-0.3, -0.25) is 14.0 Å². The standard InChI is InChI=1S/C15H18N4O3/c1-10(13-18-17-11-5-2-3-8-19(11)13)16-12(20)9-15(14(21)22)6-4-7-15/h2-3,5,8,10H,4,6-7,9H2,1H3,(H,16,20)(H,21,22). The number of carboxylic acid groups (broad SMARTS) is 1. The van der Waals surface area contributed by atoms with Crippen molar-refractivity contribution in [3.8, 4) is 0 Å². The van der Waals surface area contributed by atoms with E-state index in [0.717, 1.165) is 6.42 Å². The highest BCUT2D eigenvalue weighted by Crippen LogP contribution is 2.44. The maximum Gasteiger partial charge on any atom is 0.310 e. The first kappa shape index (κ1) is 14.5. The molecule has 0 saturated heterocycles. The molecular formula is C15H18N4O3. The number of carbonyl (C=O) groups is 2. The molecule has 1 aliphatic rings. The summed E-state index contributed by atoms with van der Waals surface area (Å²) in [5.41, 5.74) is -0.170. The Bertz CT molecular complexity index is 720. The van der Waals surface area contributed by atoms with E-state index in [-0.39, 0.29) is 18.4 Å². The number of hydrogen-bond donors (Lipinski definition) is 2. The van der Waals surface area contributed by atoms with Crippen LogP contribution in [0.15, 0.2) is 24.4 Å². The van der Waals surface area contributed by atoms with Gasteiger partial charge in [0.05, 0.1) is 11.5 Å². The van der Waals surface area contributed by atoms with Crippen LogP contribution in [0.5, 0.6) is 0 Å². The van der Waals surface area contributed by atoms with Crippen molar-refractivity contribution >= 4 is 17.5 Å². The highest BCUT2D eigenvalue weighted by Gasteiger charge is 2.46. The van der Waals surface area contributed by atoms with Crippen molar-refractivity contribution in [2.75, 3.05) is 0 Å². The van der Waals surface area contributed by atoms with E-state index in [2.05, 4.69) is 15.5 Å². The molecule has 1 fully saturated rings. The summed E-state index contributed by atoms with van der Waals surface area (Å²) in [6, 6.07) is 5.22. The zero-order valence-corrected chi connectivity index (χ0v) is 12.3. The van der Waals surface area contributed by atoms with Crippen molar-refractivity contribution in [2.24, 2.45) is 5.41 Å². The second-order valence-corrected chi connectivity index (χ2v) is 5.89. The van der Waals surface area contributed by atoms with Crippen molar-refractivity contribution < 1.29 is 14.7 Å². The molecule has 1 saturated carbocycles. The SMILES string of the molecule is CC(NC(=O)CC1(C(=O)O)CCC1)c1nnc2ccccn12. The summed E-state index contributed by atoms with van der Waals surface area (Å²) in [5, 5.41) is 20.3. The molecule has 0 bridgehead atoms. The molecule has 116 valence electrons. The van der Waals surface area contributed by atoms with Crippen LogP contribution in [0.25, 0.3) is 5.65 Å². The van der Waals surface area contributed by atoms with E-state index in [4.69, 9.17) is 0 Å². The lowest BCUT2D eigenvalue weighted by Crippen LogP contribution is -2.43. The van der Waals surface area contributed by atoms with E-state index in [1.54, 1.807) is 4.40 Å². The molecule has 7 nitrogen and oxygen atoms in total. The van der Waals surface area contributed by atoms with Crippen LogP contribution in [0.2, 0.25) is 0 Å². The number of carboxylic acids is 1. The lowest BCUT2D eigenvalue weighted by atomic mass is 9.66. The average Bonchev–Trinajstić information content (AvgIpc) is 2.86. The summed E-state index contributed by atoms with van der Waals surface area (Å²) in [6.45, 7) is 1.82. The molecule has 0 radical (unpaired) electrons. The first-order valence-corrected chi connectivity index (χ1v) is 7.34. The molecule has 1 amide bonds. The third kappa shape index (κ3) is 2.43. The molecule has 2 aromatic rings. The van der Waals surface area contributed by atoms with E-state index < -0.39 is 11.4 Å². The van der Waals surface area contributed by atoms with Crippen LogP contribution in [0.1, 0.15) is 44.5 Å². The number of fused-ring (bicyclic) bond motifs is 1. The lowest BCUT2D eigenvalue weighted by Gasteiger charge is -2.37. The Hall–Kier alpha value is -2.44. The largest absolute Gasteiger partial charge is 0.481 e. The van der Waals surface area contributed by atoms with Crippen molar-refractivity contribution in [1.82, 2.24) is 19.9 Å². The Morgan fingerprint density at radius 1 is 1.41 bits per heavy atom. The fourth-order valence-electron chi connectivity index (χ4n) is 2.89. The minimum absolute atomic E-state index is 0.0173. The van der Waals surface area contributed by atoms with Crippen molar-refractivity contribution in [2.45, 2.75) is 38.6 Å². The van der Waals surface area contributed by atoms with Crippen molar-refractivity contribution in [3.05, 3.63) is 30.2 Å². The quantitative estimate of drug-likeness (QED) is 0.873. The van der Waals surface area contributed by atoms with Gasteiger partial charge >= 0.3 is 5.97 Å². The second-order valence-electron chi connectivity index (χ2n) is 5.89. The number of nitrogens with one attached hydrogen (secondary N) is 1. The Balaban J connectivity index is 1.70. The number of carbonyl (C=O) groups excluding carboxylic acids is 1. The predicted octanol–water partition coefficient (Wildman–Crippen LogP) is 1.55. The number of amides is 1. The molecule has 2 heterocycles. The Morgan fingerprint density at radius 3 is 2.82 bits per heavy atom. The number of pyridine rings is 1. The van der Waals surface area contributed by atoms with Crippen molar-refractivity contribution in [3.63, 3.8) is 0 Å². The minimum atomic E-state index is -0.880. The number of hydrogen-bond acceptors (Lipinski definition) is 4. The fraction of sp³-hybridized carbons (Fsp3) is 0.467. The highest BCUT2D eigenvalue weighted by molar-refractivity contribution is 5.85. The average molecular weight is 302 g/mol. The predicted molar refractivity (Wildman–Crippen MR) is 78.1 cm³/mol. The molecule has 2 aromatic heterocycles. The summed E-state index contributed by atoms with van der Waals surface area (Å²) in [4.78, 5) is 23.5. The zero-order valence-electron chi connectivity index (χ0n) is 12.3. The Morgan fingerprint density at radius 2 is 2.18 bits per heavy atom. The van der Waals surface area contributed by atoms with E-state index in [1.165, 1.54) is 0 Å². The minimum Gasteiger partial charge on any atom is -0.481 e. The van der Waals surface area contributed by atoms with Crippen LogP contribution in [0.3, 0.4) is 0 Å². The van der Waals surface area contributed by atoms with E-state index in [9.17, 15) is 14.7 Å². The van der Waals surface area contributed by atoms with E-state index in [1.807, 2.05) is 31.3 Å². The summed E-state index contributed by atoms with van der Waals surface area (Å²) in [5.74, 6) is -0.515. The van der Waals surface area contributed by atoms with Gasteiger partial charge in [0.2, 0.25) is 5.91 Å². The van der Waals surface area contributed by atoms with Crippen LogP contribution >= 0.6 is 0 Å². The topological polar surface area (TPSA) is 96.6 Å². The molecule has 2 N–H and O–H groups in total. The first-order valence-electron chi connectivity index (χ1n) is 7.34. The van der Waals surface area contributed by atoms with Crippen LogP contribution in [-0.4, -0.2) is 31.6 Å². The van der Waals surface area contributed by atoms with Gasteiger partial charge in [-0.25, -0.2) is 0 Å². The van der Waals surface area contributed by atoms with Crippen LogP contribution < -0.4 is 5.32 Å². The maximum absolute atomic E-state index is 12.2. The Kier molecular flexibility index (Phi) is 3.56. The van der Waals surface area contributed by atoms with Gasteiger partial charge in [-0.2, -0.15) is 0 Å². The van der Waals surface area contributed by atoms with Gasteiger partial charge in [-0.15, -0.1) is 10.2 Å². The van der Waals surface area contributed by atoms with Gasteiger partial charge < -0.3 is 10.4 Å². The number of aromatic nitrogens is 3. The normalized spacial score (nSPS) is 17.7. The van der Waals surface area contributed by atoms with Gasteiger partial charge in [0.1, 0.15) is 0 Å².